The van der Waals surface area contributed by atoms with E-state index in [4.69, 9.17) is 0 Å². The summed E-state index contributed by atoms with van der Waals surface area (Å²) in [5.74, 6) is 0.517. The third-order valence-electron chi connectivity index (χ3n) is 2.94. The smallest absolute Gasteiger partial charge is 0.405 e. The monoisotopic (exact) mass is 244 g/mol. The summed E-state index contributed by atoms with van der Waals surface area (Å²) < 4.78 is 40.8. The first-order chi connectivity index (χ1) is 7.87. The van der Waals surface area contributed by atoms with Crippen molar-refractivity contribution in [1.29, 1.82) is 0 Å². The fourth-order valence-electron chi connectivity index (χ4n) is 1.86. The van der Waals surface area contributed by atoms with E-state index in [1.807, 2.05) is 19.9 Å². The molecule has 1 aromatic rings. The molecule has 0 amide bonds. The van der Waals surface area contributed by atoms with Crippen LogP contribution in [0.1, 0.15) is 49.7 Å². The van der Waals surface area contributed by atoms with Crippen molar-refractivity contribution in [3.8, 4) is 5.75 Å². The first-order valence-electron chi connectivity index (χ1n) is 5.76. The third-order valence-corrected chi connectivity index (χ3v) is 2.94. The van der Waals surface area contributed by atoms with Gasteiger partial charge in [0.25, 0.3) is 0 Å². The second-order valence-electron chi connectivity index (χ2n) is 4.77. The molecule has 2 rings (SSSR count). The normalized spacial score (nSPS) is 16.4. The highest BCUT2D eigenvalue weighted by Gasteiger charge is 2.35. The molecule has 1 fully saturated rings. The van der Waals surface area contributed by atoms with E-state index in [2.05, 4.69) is 4.74 Å². The van der Waals surface area contributed by atoms with Gasteiger partial charge in [-0.2, -0.15) is 0 Å². The molecule has 0 heterocycles. The van der Waals surface area contributed by atoms with Gasteiger partial charge in [-0.25, -0.2) is 0 Å². The molecule has 0 radical (unpaired) electrons. The summed E-state index contributed by atoms with van der Waals surface area (Å²) >= 11 is 0. The third kappa shape index (κ3) is 3.14. The molecule has 0 aromatic heterocycles. The van der Waals surface area contributed by atoms with Crippen LogP contribution in [0.15, 0.2) is 18.2 Å². The maximum atomic E-state index is 12.2. The van der Waals surface area contributed by atoms with Crippen LogP contribution in [0.4, 0.5) is 13.2 Å². The lowest BCUT2D eigenvalue weighted by molar-refractivity contribution is -0.274. The summed E-state index contributed by atoms with van der Waals surface area (Å²) in [6.45, 7) is 4.05. The van der Waals surface area contributed by atoms with Gasteiger partial charge in [-0.3, -0.25) is 0 Å². The molecule has 0 bridgehead atoms. The van der Waals surface area contributed by atoms with Crippen LogP contribution in [0.5, 0.6) is 5.75 Å². The molecule has 0 N–H and O–H groups in total. The number of rotatable bonds is 3. The number of ether oxygens (including phenoxy) is 1. The number of alkyl halides is 3. The molecule has 1 aromatic carbocycles. The Labute approximate surface area is 98.6 Å². The van der Waals surface area contributed by atoms with E-state index in [-0.39, 0.29) is 11.7 Å². The fourth-order valence-corrected chi connectivity index (χ4v) is 1.86. The second-order valence-corrected chi connectivity index (χ2v) is 4.77. The van der Waals surface area contributed by atoms with Crippen molar-refractivity contribution in [1.82, 2.24) is 0 Å². The molecule has 4 heteroatoms. The lowest BCUT2D eigenvalue weighted by atomic mass is 9.98. The van der Waals surface area contributed by atoms with Gasteiger partial charge in [0.1, 0.15) is 5.75 Å². The topological polar surface area (TPSA) is 9.23 Å². The lowest BCUT2D eigenvalue weighted by Crippen LogP contribution is -2.18. The summed E-state index contributed by atoms with van der Waals surface area (Å²) in [4.78, 5) is 0. The summed E-state index contributed by atoms with van der Waals surface area (Å²) in [6.07, 6.45) is -2.70. The molecule has 17 heavy (non-hydrogen) atoms. The van der Waals surface area contributed by atoms with E-state index >= 15 is 0 Å². The Hall–Kier alpha value is -1.19. The summed E-state index contributed by atoms with van der Waals surface area (Å²) in [5.41, 5.74) is 1.76. The van der Waals surface area contributed by atoms with Gasteiger partial charge >= 0.3 is 6.36 Å². The minimum Gasteiger partial charge on any atom is -0.405 e. The molecular weight excluding hydrogens is 229 g/mol. The van der Waals surface area contributed by atoms with Gasteiger partial charge in [-0.05, 0) is 41.9 Å². The van der Waals surface area contributed by atoms with Gasteiger partial charge in [0, 0.05) is 0 Å². The van der Waals surface area contributed by atoms with Crippen molar-refractivity contribution in [3.05, 3.63) is 29.3 Å². The summed E-state index contributed by atoms with van der Waals surface area (Å²) in [5, 5.41) is 0. The van der Waals surface area contributed by atoms with Gasteiger partial charge in [0.15, 0.2) is 0 Å². The van der Waals surface area contributed by atoms with Gasteiger partial charge in [-0.1, -0.05) is 26.0 Å². The number of hydrogen-bond donors (Lipinski definition) is 0. The largest absolute Gasteiger partial charge is 0.573 e. The predicted molar refractivity (Wildman–Crippen MR) is 59.2 cm³/mol. The zero-order valence-corrected chi connectivity index (χ0v) is 9.84. The van der Waals surface area contributed by atoms with E-state index < -0.39 is 6.36 Å². The van der Waals surface area contributed by atoms with Crippen LogP contribution in [0, 0.1) is 0 Å². The van der Waals surface area contributed by atoms with Crippen molar-refractivity contribution >= 4 is 0 Å². The Morgan fingerprint density at radius 3 is 2.35 bits per heavy atom. The SMILES string of the molecule is CC(C)c1ccc(OC(F)(F)F)c(C2CC2)c1. The summed E-state index contributed by atoms with van der Waals surface area (Å²) in [6, 6.07) is 5.00. The zero-order chi connectivity index (χ0) is 12.6. The molecule has 0 atom stereocenters. The highest BCUT2D eigenvalue weighted by Crippen LogP contribution is 2.46. The quantitative estimate of drug-likeness (QED) is 0.755. The number of halogens is 3. The molecule has 1 saturated carbocycles. The molecule has 0 unspecified atom stereocenters. The van der Waals surface area contributed by atoms with Crippen LogP contribution in [-0.2, 0) is 0 Å². The highest BCUT2D eigenvalue weighted by molar-refractivity contribution is 5.42. The lowest BCUT2D eigenvalue weighted by Gasteiger charge is -2.15. The number of hydrogen-bond acceptors (Lipinski definition) is 1. The maximum Gasteiger partial charge on any atom is 0.573 e. The van der Waals surface area contributed by atoms with Crippen molar-refractivity contribution in [3.63, 3.8) is 0 Å². The molecule has 0 spiro atoms. The van der Waals surface area contributed by atoms with Crippen LogP contribution in [0.2, 0.25) is 0 Å². The zero-order valence-electron chi connectivity index (χ0n) is 9.84. The molecule has 1 nitrogen and oxygen atoms in total. The fraction of sp³-hybridized carbons (Fsp3) is 0.538. The predicted octanol–water partition coefficient (Wildman–Crippen LogP) is 4.59. The van der Waals surface area contributed by atoms with E-state index in [0.717, 1.165) is 18.4 Å². The van der Waals surface area contributed by atoms with Crippen LogP contribution in [0.3, 0.4) is 0 Å². The first kappa shape index (κ1) is 12.3. The average Bonchev–Trinajstić information content (AvgIpc) is 2.98. The van der Waals surface area contributed by atoms with Crippen LogP contribution < -0.4 is 4.74 Å². The standard InChI is InChI=1S/C13H15F3O/c1-8(2)10-5-6-12(17-13(14,15)16)11(7-10)9-3-4-9/h5-9H,3-4H2,1-2H3. The average molecular weight is 244 g/mol. The minimum atomic E-state index is -4.61. The Morgan fingerprint density at radius 1 is 1.24 bits per heavy atom. The first-order valence-corrected chi connectivity index (χ1v) is 5.76. The molecule has 0 aliphatic heterocycles. The number of benzene rings is 1. The van der Waals surface area contributed by atoms with E-state index in [1.54, 1.807) is 6.07 Å². The van der Waals surface area contributed by atoms with Gasteiger partial charge in [0.2, 0.25) is 0 Å². The van der Waals surface area contributed by atoms with E-state index in [9.17, 15) is 13.2 Å². The van der Waals surface area contributed by atoms with Crippen molar-refractivity contribution in [2.24, 2.45) is 0 Å². The van der Waals surface area contributed by atoms with E-state index in [0.29, 0.717) is 11.5 Å². The molecule has 1 aliphatic carbocycles. The van der Waals surface area contributed by atoms with E-state index in [1.165, 1.54) is 6.07 Å². The Balaban J connectivity index is 2.31. The van der Waals surface area contributed by atoms with Gasteiger partial charge in [0.05, 0.1) is 0 Å². The Bertz CT molecular complexity index is 406. The van der Waals surface area contributed by atoms with Gasteiger partial charge < -0.3 is 4.74 Å². The second kappa shape index (κ2) is 4.24. The van der Waals surface area contributed by atoms with Crippen molar-refractivity contribution in [2.75, 3.05) is 0 Å². The minimum absolute atomic E-state index is 0.0376. The van der Waals surface area contributed by atoms with Crippen LogP contribution in [0.25, 0.3) is 0 Å². The Kier molecular flexibility index (Phi) is 3.06. The maximum absolute atomic E-state index is 12.2. The van der Waals surface area contributed by atoms with Gasteiger partial charge in [-0.15, -0.1) is 13.2 Å². The molecular formula is C13H15F3O. The Morgan fingerprint density at radius 2 is 1.88 bits per heavy atom. The van der Waals surface area contributed by atoms with Crippen LogP contribution >= 0.6 is 0 Å². The van der Waals surface area contributed by atoms with Crippen molar-refractivity contribution < 1.29 is 17.9 Å². The molecule has 94 valence electrons. The molecule has 0 saturated heterocycles. The molecule has 1 aliphatic rings. The van der Waals surface area contributed by atoms with Crippen molar-refractivity contribution in [2.45, 2.75) is 44.9 Å². The van der Waals surface area contributed by atoms with Crippen LogP contribution in [-0.4, -0.2) is 6.36 Å². The highest BCUT2D eigenvalue weighted by atomic mass is 19.4. The summed E-state index contributed by atoms with van der Waals surface area (Å²) in [7, 11) is 0.